The zero-order valence-electron chi connectivity index (χ0n) is 16.1. The van der Waals surface area contributed by atoms with Crippen molar-refractivity contribution < 1.29 is 0 Å². The molecule has 0 radical (unpaired) electrons. The first kappa shape index (κ1) is 17.5. The number of benzene rings is 2. The normalized spacial score (nSPS) is 17.6. The fraction of sp³-hybridized carbons (Fsp3) is 0.280. The Kier molecular flexibility index (Phi) is 4.81. The van der Waals surface area contributed by atoms with Gasteiger partial charge in [0.25, 0.3) is 0 Å². The molecule has 0 unspecified atom stereocenters. The van der Waals surface area contributed by atoms with Gasteiger partial charge in [-0.05, 0) is 59.1 Å². The highest BCUT2D eigenvalue weighted by Crippen LogP contribution is 2.41. The van der Waals surface area contributed by atoms with Crippen molar-refractivity contribution in [1.29, 1.82) is 0 Å². The molecule has 0 nitrogen and oxygen atoms in total. The Labute approximate surface area is 152 Å². The Morgan fingerprint density at radius 2 is 1.68 bits per heavy atom. The van der Waals surface area contributed by atoms with Crippen LogP contribution in [0, 0.1) is 6.92 Å². The van der Waals surface area contributed by atoms with Crippen LogP contribution in [0.3, 0.4) is 0 Å². The number of hydrogen-bond donors (Lipinski definition) is 0. The Bertz CT molecular complexity index is 850. The van der Waals surface area contributed by atoms with Gasteiger partial charge in [0.1, 0.15) is 0 Å². The van der Waals surface area contributed by atoms with E-state index in [2.05, 4.69) is 101 Å². The van der Waals surface area contributed by atoms with Crippen LogP contribution in [0.5, 0.6) is 0 Å². The SMILES string of the molecule is C\C=C1/Cc2c(cccc2C(C)(C)C)/C1=C/C=C\c1ccc(C)cc1. The summed E-state index contributed by atoms with van der Waals surface area (Å²) < 4.78 is 0. The van der Waals surface area contributed by atoms with Gasteiger partial charge in [-0.2, -0.15) is 0 Å². The Hall–Kier alpha value is -2.34. The Morgan fingerprint density at radius 1 is 0.960 bits per heavy atom. The highest BCUT2D eigenvalue weighted by atomic mass is 14.3. The summed E-state index contributed by atoms with van der Waals surface area (Å²) in [4.78, 5) is 0. The summed E-state index contributed by atoms with van der Waals surface area (Å²) in [6, 6.07) is 15.4. The van der Waals surface area contributed by atoms with Crippen molar-refractivity contribution in [2.75, 3.05) is 0 Å². The van der Waals surface area contributed by atoms with E-state index in [0.717, 1.165) is 6.42 Å². The summed E-state index contributed by atoms with van der Waals surface area (Å²) in [5.41, 5.74) is 9.88. The molecular formula is C25H28. The molecule has 0 aromatic heterocycles. The van der Waals surface area contributed by atoms with Crippen LogP contribution in [-0.4, -0.2) is 0 Å². The third-order valence-corrected chi connectivity index (χ3v) is 4.96. The zero-order chi connectivity index (χ0) is 18.0. The van der Waals surface area contributed by atoms with E-state index in [1.165, 1.54) is 39.0 Å². The maximum absolute atomic E-state index is 2.30. The Morgan fingerprint density at radius 3 is 2.32 bits per heavy atom. The van der Waals surface area contributed by atoms with Crippen LogP contribution in [0.4, 0.5) is 0 Å². The largest absolute Gasteiger partial charge is 0.0835 e. The number of allylic oxidation sites excluding steroid dienone is 5. The molecule has 0 amide bonds. The fourth-order valence-electron chi connectivity index (χ4n) is 3.58. The third-order valence-electron chi connectivity index (χ3n) is 4.96. The Balaban J connectivity index is 1.98. The molecular weight excluding hydrogens is 300 g/mol. The summed E-state index contributed by atoms with van der Waals surface area (Å²) in [6.07, 6.45) is 9.95. The van der Waals surface area contributed by atoms with E-state index in [-0.39, 0.29) is 5.41 Å². The van der Waals surface area contributed by atoms with Crippen molar-refractivity contribution in [3.05, 3.63) is 94.1 Å². The molecule has 0 N–H and O–H groups in total. The van der Waals surface area contributed by atoms with Crippen molar-refractivity contribution in [3.8, 4) is 0 Å². The van der Waals surface area contributed by atoms with E-state index in [1.807, 2.05) is 0 Å². The maximum Gasteiger partial charge on any atom is -0.00138 e. The highest BCUT2D eigenvalue weighted by Gasteiger charge is 2.27. The van der Waals surface area contributed by atoms with Crippen molar-refractivity contribution in [1.82, 2.24) is 0 Å². The van der Waals surface area contributed by atoms with Crippen LogP contribution in [-0.2, 0) is 11.8 Å². The van der Waals surface area contributed by atoms with Crippen LogP contribution >= 0.6 is 0 Å². The average molecular weight is 328 g/mol. The number of hydrogen-bond acceptors (Lipinski definition) is 0. The molecule has 0 saturated carbocycles. The molecule has 0 bridgehead atoms. The van der Waals surface area contributed by atoms with E-state index in [4.69, 9.17) is 0 Å². The van der Waals surface area contributed by atoms with Gasteiger partial charge in [-0.1, -0.05) is 93.1 Å². The summed E-state index contributed by atoms with van der Waals surface area (Å²) in [5.74, 6) is 0. The van der Waals surface area contributed by atoms with E-state index < -0.39 is 0 Å². The van der Waals surface area contributed by atoms with Gasteiger partial charge in [0.05, 0.1) is 0 Å². The van der Waals surface area contributed by atoms with Crippen LogP contribution in [0.1, 0.15) is 55.5 Å². The van der Waals surface area contributed by atoms with E-state index in [9.17, 15) is 0 Å². The molecule has 0 atom stereocenters. The molecule has 2 aromatic rings. The molecule has 2 aromatic carbocycles. The van der Waals surface area contributed by atoms with Crippen molar-refractivity contribution in [2.45, 2.75) is 46.5 Å². The summed E-state index contributed by atoms with van der Waals surface area (Å²) in [7, 11) is 0. The molecule has 0 fully saturated rings. The lowest BCUT2D eigenvalue weighted by molar-refractivity contribution is 0.584. The molecule has 1 aliphatic carbocycles. The lowest BCUT2D eigenvalue weighted by Crippen LogP contribution is -2.13. The molecule has 0 heterocycles. The van der Waals surface area contributed by atoms with E-state index in [0.29, 0.717) is 0 Å². The lowest BCUT2D eigenvalue weighted by Gasteiger charge is -2.22. The maximum atomic E-state index is 2.30. The van der Waals surface area contributed by atoms with Gasteiger partial charge in [-0.15, -0.1) is 0 Å². The topological polar surface area (TPSA) is 0 Å². The lowest BCUT2D eigenvalue weighted by atomic mass is 9.82. The van der Waals surface area contributed by atoms with Crippen LogP contribution in [0.2, 0.25) is 0 Å². The minimum absolute atomic E-state index is 0.178. The van der Waals surface area contributed by atoms with Gasteiger partial charge < -0.3 is 0 Å². The zero-order valence-corrected chi connectivity index (χ0v) is 16.1. The molecule has 128 valence electrons. The molecule has 0 saturated heterocycles. The first-order valence-electron chi connectivity index (χ1n) is 9.13. The van der Waals surface area contributed by atoms with Gasteiger partial charge >= 0.3 is 0 Å². The quantitative estimate of drug-likeness (QED) is 0.563. The molecule has 0 heteroatoms. The molecule has 0 spiro atoms. The predicted molar refractivity (Wildman–Crippen MR) is 111 cm³/mol. The van der Waals surface area contributed by atoms with Gasteiger partial charge in [0.2, 0.25) is 0 Å². The van der Waals surface area contributed by atoms with Gasteiger partial charge in [0.15, 0.2) is 0 Å². The van der Waals surface area contributed by atoms with Crippen LogP contribution in [0.15, 0.2) is 66.3 Å². The second kappa shape index (κ2) is 6.88. The predicted octanol–water partition coefficient (Wildman–Crippen LogP) is 6.89. The minimum Gasteiger partial charge on any atom is -0.0835 e. The summed E-state index contributed by atoms with van der Waals surface area (Å²) in [5, 5.41) is 0. The summed E-state index contributed by atoms with van der Waals surface area (Å²) in [6.45, 7) is 11.2. The number of fused-ring (bicyclic) bond motifs is 1. The smallest absolute Gasteiger partial charge is 0.00138 e. The monoisotopic (exact) mass is 328 g/mol. The van der Waals surface area contributed by atoms with E-state index in [1.54, 1.807) is 0 Å². The van der Waals surface area contributed by atoms with Crippen LogP contribution < -0.4 is 0 Å². The number of rotatable bonds is 2. The molecule has 1 aliphatic rings. The first-order valence-corrected chi connectivity index (χ1v) is 9.13. The fourth-order valence-corrected chi connectivity index (χ4v) is 3.58. The van der Waals surface area contributed by atoms with Gasteiger partial charge in [-0.3, -0.25) is 0 Å². The molecule has 3 rings (SSSR count). The minimum atomic E-state index is 0.178. The van der Waals surface area contributed by atoms with Crippen LogP contribution in [0.25, 0.3) is 11.6 Å². The van der Waals surface area contributed by atoms with E-state index >= 15 is 0 Å². The second-order valence-corrected chi connectivity index (χ2v) is 7.92. The van der Waals surface area contributed by atoms with Crippen molar-refractivity contribution in [3.63, 3.8) is 0 Å². The molecule has 0 aliphatic heterocycles. The number of aryl methyl sites for hydroxylation is 1. The molecule has 25 heavy (non-hydrogen) atoms. The third kappa shape index (κ3) is 3.69. The first-order chi connectivity index (χ1) is 11.9. The average Bonchev–Trinajstić information content (AvgIpc) is 2.93. The van der Waals surface area contributed by atoms with Gasteiger partial charge in [-0.25, -0.2) is 0 Å². The van der Waals surface area contributed by atoms with Gasteiger partial charge in [0, 0.05) is 0 Å². The van der Waals surface area contributed by atoms with Crippen molar-refractivity contribution in [2.24, 2.45) is 0 Å². The standard InChI is InChI=1S/C25H28/c1-6-20-17-23-22(11-8-12-24(23)25(3,4)5)21(20)10-7-9-19-15-13-18(2)14-16-19/h6-16H,17H2,1-5H3/b9-7-,20-6+,21-10+. The highest BCUT2D eigenvalue weighted by molar-refractivity contribution is 5.88. The summed E-state index contributed by atoms with van der Waals surface area (Å²) >= 11 is 0. The van der Waals surface area contributed by atoms with Crippen molar-refractivity contribution >= 4 is 11.6 Å². The second-order valence-electron chi connectivity index (χ2n) is 7.92.